The van der Waals surface area contributed by atoms with Crippen LogP contribution in [0.3, 0.4) is 0 Å². The molecule has 1 aliphatic carbocycles. The van der Waals surface area contributed by atoms with Gasteiger partial charge in [0, 0.05) is 12.2 Å². The molecule has 1 saturated carbocycles. The van der Waals surface area contributed by atoms with Crippen LogP contribution in [0.25, 0.3) is 11.1 Å². The van der Waals surface area contributed by atoms with Gasteiger partial charge < -0.3 is 4.74 Å². The largest absolute Gasteiger partial charge is 0.378 e. The maximum Gasteiger partial charge on any atom is 0.131 e. The van der Waals surface area contributed by atoms with Crippen molar-refractivity contribution in [3.8, 4) is 11.1 Å². The molecule has 0 aromatic heterocycles. The van der Waals surface area contributed by atoms with Crippen LogP contribution < -0.4 is 0 Å². The minimum atomic E-state index is -0.301. The topological polar surface area (TPSA) is 9.23 Å². The van der Waals surface area contributed by atoms with Crippen LogP contribution in [0.5, 0.6) is 0 Å². The Morgan fingerprint density at radius 2 is 1.64 bits per heavy atom. The zero-order chi connectivity index (χ0) is 19.5. The molecule has 2 aromatic rings. The van der Waals surface area contributed by atoms with Crippen LogP contribution in [0.1, 0.15) is 51.0 Å². The lowest BCUT2D eigenvalue weighted by atomic mass is 9.75. The van der Waals surface area contributed by atoms with Crippen LogP contribution >= 0.6 is 0 Å². The fraction of sp³-hybridized carbons (Fsp3) is 0.520. The molecule has 1 nitrogen and oxygen atoms in total. The molecule has 2 aromatic carbocycles. The fourth-order valence-corrected chi connectivity index (χ4v) is 4.92. The molecule has 28 heavy (non-hydrogen) atoms. The predicted molar refractivity (Wildman–Crippen MR) is 109 cm³/mol. The molecule has 0 bridgehead atoms. The summed E-state index contributed by atoms with van der Waals surface area (Å²) in [6, 6.07) is 11.5. The molecular weight excluding hydrogens is 354 g/mol. The molecule has 2 unspecified atom stereocenters. The average molecular weight is 385 g/mol. The number of benzene rings is 2. The highest BCUT2D eigenvalue weighted by molar-refractivity contribution is 5.64. The van der Waals surface area contributed by atoms with Crippen molar-refractivity contribution in [3.05, 3.63) is 59.7 Å². The van der Waals surface area contributed by atoms with E-state index in [9.17, 15) is 8.78 Å². The Balaban J connectivity index is 1.33. The highest BCUT2D eigenvalue weighted by Crippen LogP contribution is 2.37. The minimum absolute atomic E-state index is 0.220. The van der Waals surface area contributed by atoms with Crippen LogP contribution in [0.4, 0.5) is 8.78 Å². The molecule has 1 heterocycles. The van der Waals surface area contributed by atoms with Gasteiger partial charge in [-0.05, 0) is 92.0 Å². The van der Waals surface area contributed by atoms with Gasteiger partial charge in [-0.2, -0.15) is 0 Å². The monoisotopic (exact) mass is 384 g/mol. The maximum atomic E-state index is 14.6. The molecule has 2 aliphatic rings. The first-order chi connectivity index (χ1) is 13.6. The van der Waals surface area contributed by atoms with Crippen molar-refractivity contribution >= 4 is 0 Å². The van der Waals surface area contributed by atoms with E-state index in [1.165, 1.54) is 50.7 Å². The molecule has 2 fully saturated rings. The van der Waals surface area contributed by atoms with Gasteiger partial charge in [0.25, 0.3) is 0 Å². The van der Waals surface area contributed by atoms with Crippen molar-refractivity contribution in [1.82, 2.24) is 0 Å². The molecule has 2 atom stereocenters. The smallest absolute Gasteiger partial charge is 0.131 e. The quantitative estimate of drug-likeness (QED) is 0.563. The fourth-order valence-electron chi connectivity index (χ4n) is 4.92. The second-order valence-corrected chi connectivity index (χ2v) is 8.86. The van der Waals surface area contributed by atoms with Crippen LogP contribution in [0, 0.1) is 29.4 Å². The third kappa shape index (κ3) is 4.63. The van der Waals surface area contributed by atoms with Crippen molar-refractivity contribution in [3.63, 3.8) is 0 Å². The summed E-state index contributed by atoms with van der Waals surface area (Å²) in [4.78, 5) is 0. The van der Waals surface area contributed by atoms with Gasteiger partial charge in [0.1, 0.15) is 11.6 Å². The normalized spacial score (nSPS) is 28.2. The van der Waals surface area contributed by atoms with Gasteiger partial charge in [0.2, 0.25) is 0 Å². The van der Waals surface area contributed by atoms with Gasteiger partial charge in [-0.25, -0.2) is 8.78 Å². The van der Waals surface area contributed by atoms with Crippen LogP contribution in [-0.4, -0.2) is 12.7 Å². The van der Waals surface area contributed by atoms with Crippen LogP contribution in [0.2, 0.25) is 0 Å². The van der Waals surface area contributed by atoms with E-state index < -0.39 is 0 Å². The van der Waals surface area contributed by atoms with Crippen LogP contribution in [-0.2, 0) is 11.2 Å². The van der Waals surface area contributed by atoms with E-state index in [4.69, 9.17) is 4.74 Å². The van der Waals surface area contributed by atoms with Gasteiger partial charge in [0.05, 0.1) is 6.10 Å². The number of ether oxygens (including phenoxy) is 1. The lowest BCUT2D eigenvalue weighted by Crippen LogP contribution is -2.33. The number of hydrogen-bond acceptors (Lipinski definition) is 1. The molecule has 0 radical (unpaired) electrons. The Morgan fingerprint density at radius 1 is 0.893 bits per heavy atom. The number of rotatable bonds is 4. The second-order valence-electron chi connectivity index (χ2n) is 8.86. The SMILES string of the molecule is CC1CCC(C2CCC(Cc3ccc(-c4ccc(F)cc4)c(F)c3)CC2)OC1. The Kier molecular flexibility index (Phi) is 6.10. The summed E-state index contributed by atoms with van der Waals surface area (Å²) in [5.74, 6) is 1.53. The summed E-state index contributed by atoms with van der Waals surface area (Å²) in [5.41, 5.74) is 2.32. The predicted octanol–water partition coefficient (Wildman–Crippen LogP) is 6.80. The Hall–Kier alpha value is -1.74. The standard InChI is InChI=1S/C25H30F2O/c1-17-2-13-25(28-16-17)21-6-3-18(4-7-21)14-19-5-12-23(24(27)15-19)20-8-10-22(26)11-9-20/h5,8-12,15,17-18,21,25H,2-4,6-7,13-14,16H2,1H3. The van der Waals surface area contributed by atoms with E-state index in [0.717, 1.165) is 18.6 Å². The van der Waals surface area contributed by atoms with E-state index in [0.29, 0.717) is 35.0 Å². The van der Waals surface area contributed by atoms with E-state index in [-0.39, 0.29) is 11.6 Å². The number of halogens is 2. The molecular formula is C25H30F2O. The van der Waals surface area contributed by atoms with Crippen molar-refractivity contribution in [1.29, 1.82) is 0 Å². The van der Waals surface area contributed by atoms with Gasteiger partial charge in [-0.3, -0.25) is 0 Å². The maximum absolute atomic E-state index is 14.6. The third-order valence-corrected chi connectivity index (χ3v) is 6.67. The van der Waals surface area contributed by atoms with Gasteiger partial charge in [0.15, 0.2) is 0 Å². The van der Waals surface area contributed by atoms with Crippen molar-refractivity contribution in [2.24, 2.45) is 17.8 Å². The van der Waals surface area contributed by atoms with Gasteiger partial charge in [-0.15, -0.1) is 0 Å². The first-order valence-corrected chi connectivity index (χ1v) is 10.7. The Labute approximate surface area is 167 Å². The van der Waals surface area contributed by atoms with Gasteiger partial charge in [-0.1, -0.05) is 31.2 Å². The highest BCUT2D eigenvalue weighted by Gasteiger charge is 2.30. The molecule has 0 N–H and O–H groups in total. The lowest BCUT2D eigenvalue weighted by molar-refractivity contribution is -0.0543. The Bertz CT molecular complexity index is 770. The summed E-state index contributed by atoms with van der Waals surface area (Å²) in [6.07, 6.45) is 8.81. The van der Waals surface area contributed by atoms with E-state index in [1.807, 2.05) is 12.1 Å². The zero-order valence-corrected chi connectivity index (χ0v) is 16.7. The molecule has 4 rings (SSSR count). The first kappa shape index (κ1) is 19.6. The molecule has 0 spiro atoms. The van der Waals surface area contributed by atoms with E-state index in [2.05, 4.69) is 6.92 Å². The molecule has 1 saturated heterocycles. The molecule has 3 heteroatoms. The summed E-state index contributed by atoms with van der Waals surface area (Å²) >= 11 is 0. The Morgan fingerprint density at radius 3 is 2.29 bits per heavy atom. The molecule has 0 amide bonds. The van der Waals surface area contributed by atoms with Crippen molar-refractivity contribution in [2.75, 3.05) is 6.61 Å². The highest BCUT2D eigenvalue weighted by atomic mass is 19.1. The average Bonchev–Trinajstić information content (AvgIpc) is 2.70. The summed E-state index contributed by atoms with van der Waals surface area (Å²) < 4.78 is 33.8. The molecule has 1 aliphatic heterocycles. The van der Waals surface area contributed by atoms with Crippen molar-refractivity contribution < 1.29 is 13.5 Å². The second kappa shape index (κ2) is 8.73. The van der Waals surface area contributed by atoms with Crippen molar-refractivity contribution in [2.45, 2.75) is 58.0 Å². The molecule has 150 valence electrons. The summed E-state index contributed by atoms with van der Waals surface area (Å²) in [6.45, 7) is 3.19. The third-order valence-electron chi connectivity index (χ3n) is 6.67. The summed E-state index contributed by atoms with van der Waals surface area (Å²) in [7, 11) is 0. The minimum Gasteiger partial charge on any atom is -0.378 e. The number of hydrogen-bond donors (Lipinski definition) is 0. The first-order valence-electron chi connectivity index (χ1n) is 10.7. The summed E-state index contributed by atoms with van der Waals surface area (Å²) in [5, 5.41) is 0. The van der Waals surface area contributed by atoms with E-state index >= 15 is 0 Å². The van der Waals surface area contributed by atoms with Crippen LogP contribution in [0.15, 0.2) is 42.5 Å². The van der Waals surface area contributed by atoms with Gasteiger partial charge >= 0.3 is 0 Å². The lowest BCUT2D eigenvalue weighted by Gasteiger charge is -2.37. The zero-order valence-electron chi connectivity index (χ0n) is 16.7. The van der Waals surface area contributed by atoms with E-state index in [1.54, 1.807) is 18.2 Å².